The van der Waals surface area contributed by atoms with E-state index in [2.05, 4.69) is 5.32 Å². The molecule has 1 N–H and O–H groups in total. The van der Waals surface area contributed by atoms with E-state index in [0.717, 1.165) is 5.56 Å². The van der Waals surface area contributed by atoms with Crippen molar-refractivity contribution in [3.8, 4) is 0 Å². The first-order valence-corrected chi connectivity index (χ1v) is 9.01. The Labute approximate surface area is 135 Å². The summed E-state index contributed by atoms with van der Waals surface area (Å²) in [5, 5.41) is 2.67. The third kappa shape index (κ3) is 4.42. The fourth-order valence-corrected chi connectivity index (χ4v) is 3.66. The number of nitrogens with one attached hydrogen (secondary N) is 1. The minimum absolute atomic E-state index is 0.0588. The van der Waals surface area contributed by atoms with Gasteiger partial charge in [-0.1, -0.05) is 12.1 Å². The third-order valence-electron chi connectivity index (χ3n) is 3.39. The van der Waals surface area contributed by atoms with Crippen LogP contribution < -0.4 is 5.32 Å². The van der Waals surface area contributed by atoms with Crippen molar-refractivity contribution in [1.82, 2.24) is 9.62 Å². The molecule has 0 saturated carbocycles. The van der Waals surface area contributed by atoms with Gasteiger partial charge < -0.3 is 10.1 Å². The summed E-state index contributed by atoms with van der Waals surface area (Å²) in [7, 11) is -3.45. The van der Waals surface area contributed by atoms with E-state index in [0.29, 0.717) is 39.3 Å². The molecular weight excluding hydrogens is 328 g/mol. The molecule has 0 aliphatic carbocycles. The zero-order chi connectivity index (χ0) is 16.0. The van der Waals surface area contributed by atoms with E-state index in [4.69, 9.17) is 16.3 Å². The van der Waals surface area contributed by atoms with Crippen LogP contribution in [0.2, 0.25) is 0 Å². The van der Waals surface area contributed by atoms with Crippen molar-refractivity contribution < 1.29 is 17.9 Å². The molecule has 0 atom stereocenters. The summed E-state index contributed by atoms with van der Waals surface area (Å²) in [4.78, 5) is 11.3. The Morgan fingerprint density at radius 1 is 1.23 bits per heavy atom. The maximum Gasteiger partial charge on any atom is 0.243 e. The molecule has 1 amide bonds. The number of amides is 1. The second kappa shape index (κ2) is 7.92. The lowest BCUT2D eigenvalue weighted by Crippen LogP contribution is -2.40. The molecule has 6 nitrogen and oxygen atoms in total. The van der Waals surface area contributed by atoms with Crippen LogP contribution in [-0.4, -0.2) is 57.4 Å². The van der Waals surface area contributed by atoms with Gasteiger partial charge in [0, 0.05) is 19.6 Å². The highest BCUT2D eigenvalue weighted by molar-refractivity contribution is 7.89. The molecule has 1 aliphatic rings. The normalized spacial score (nSPS) is 16.4. The molecule has 1 aromatic rings. The van der Waals surface area contributed by atoms with E-state index in [1.807, 2.05) is 0 Å². The molecule has 2 rings (SSSR count). The van der Waals surface area contributed by atoms with Crippen molar-refractivity contribution in [3.05, 3.63) is 29.8 Å². The van der Waals surface area contributed by atoms with Crippen LogP contribution >= 0.6 is 11.6 Å². The predicted molar refractivity (Wildman–Crippen MR) is 83.5 cm³/mol. The summed E-state index contributed by atoms with van der Waals surface area (Å²) in [6, 6.07) is 6.73. The summed E-state index contributed by atoms with van der Waals surface area (Å²) in [6.45, 7) is 2.10. The van der Waals surface area contributed by atoms with Gasteiger partial charge in [-0.25, -0.2) is 8.42 Å². The highest BCUT2D eigenvalue weighted by Crippen LogP contribution is 2.17. The monoisotopic (exact) mass is 346 g/mol. The number of sulfonamides is 1. The minimum Gasteiger partial charge on any atom is -0.379 e. The molecule has 0 bridgehead atoms. The molecule has 0 spiro atoms. The van der Waals surface area contributed by atoms with Crippen molar-refractivity contribution >= 4 is 27.5 Å². The van der Waals surface area contributed by atoms with Gasteiger partial charge in [-0.3, -0.25) is 4.79 Å². The smallest absolute Gasteiger partial charge is 0.243 e. The number of carbonyl (C=O) groups is 1. The molecular formula is C14H19ClN2O4S. The number of rotatable bonds is 6. The van der Waals surface area contributed by atoms with Crippen molar-refractivity contribution in [2.75, 3.05) is 38.7 Å². The maximum atomic E-state index is 12.4. The quantitative estimate of drug-likeness (QED) is 0.766. The van der Waals surface area contributed by atoms with Crippen LogP contribution in [-0.2, 0) is 26.0 Å². The molecule has 1 fully saturated rings. The van der Waals surface area contributed by atoms with Crippen LogP contribution in [0.25, 0.3) is 0 Å². The average molecular weight is 347 g/mol. The van der Waals surface area contributed by atoms with Gasteiger partial charge in [-0.2, -0.15) is 4.31 Å². The number of benzene rings is 1. The van der Waals surface area contributed by atoms with Crippen molar-refractivity contribution in [1.29, 1.82) is 0 Å². The first kappa shape index (κ1) is 17.2. The summed E-state index contributed by atoms with van der Waals surface area (Å²) >= 11 is 5.39. The van der Waals surface area contributed by atoms with Gasteiger partial charge in [0.2, 0.25) is 15.9 Å². The van der Waals surface area contributed by atoms with Gasteiger partial charge in [0.25, 0.3) is 0 Å². The molecule has 1 aromatic carbocycles. The Hall–Kier alpha value is -1.15. The lowest BCUT2D eigenvalue weighted by atomic mass is 10.1. The second-order valence-corrected chi connectivity index (χ2v) is 7.10. The van der Waals surface area contributed by atoms with Crippen molar-refractivity contribution in [2.45, 2.75) is 11.3 Å². The number of halogens is 1. The van der Waals surface area contributed by atoms with Crippen LogP contribution in [0, 0.1) is 0 Å². The molecule has 8 heteroatoms. The van der Waals surface area contributed by atoms with Crippen LogP contribution in [0.3, 0.4) is 0 Å². The van der Waals surface area contributed by atoms with Gasteiger partial charge in [0.1, 0.15) is 5.88 Å². The molecule has 0 aromatic heterocycles. The first-order chi connectivity index (χ1) is 10.5. The zero-order valence-corrected chi connectivity index (χ0v) is 13.7. The molecule has 0 unspecified atom stereocenters. The Bertz CT molecular complexity index is 598. The highest BCUT2D eigenvalue weighted by atomic mass is 35.5. The molecule has 1 saturated heterocycles. The van der Waals surface area contributed by atoms with Crippen LogP contribution in [0.1, 0.15) is 5.56 Å². The number of nitrogens with zero attached hydrogens (tertiary/aromatic N) is 1. The number of hydrogen-bond donors (Lipinski definition) is 1. The summed E-state index contributed by atoms with van der Waals surface area (Å²) in [5.74, 6) is -0.273. The fourth-order valence-electron chi connectivity index (χ4n) is 2.16. The number of carbonyl (C=O) groups excluding carboxylic acids is 1. The van der Waals surface area contributed by atoms with Gasteiger partial charge >= 0.3 is 0 Å². The van der Waals surface area contributed by atoms with Gasteiger partial charge in [0.15, 0.2) is 0 Å². The maximum absolute atomic E-state index is 12.4. The zero-order valence-electron chi connectivity index (χ0n) is 12.1. The van der Waals surface area contributed by atoms with Gasteiger partial charge in [0.05, 0.1) is 18.1 Å². The SMILES string of the molecule is O=C(CCl)NCCc1ccc(S(=O)(=O)N2CCOCC2)cc1. The van der Waals surface area contributed by atoms with E-state index in [1.54, 1.807) is 24.3 Å². The summed E-state index contributed by atoms with van der Waals surface area (Å²) in [6.07, 6.45) is 0.626. The fraction of sp³-hybridized carbons (Fsp3) is 0.500. The summed E-state index contributed by atoms with van der Waals surface area (Å²) < 4.78 is 31.5. The van der Waals surface area contributed by atoms with E-state index in [-0.39, 0.29) is 16.7 Å². The molecule has 122 valence electrons. The largest absolute Gasteiger partial charge is 0.379 e. The van der Waals surface area contributed by atoms with Crippen molar-refractivity contribution in [2.24, 2.45) is 0 Å². The van der Waals surface area contributed by atoms with E-state index in [1.165, 1.54) is 4.31 Å². The third-order valence-corrected chi connectivity index (χ3v) is 5.54. The number of alkyl halides is 1. The van der Waals surface area contributed by atoms with Gasteiger partial charge in [-0.05, 0) is 24.1 Å². The predicted octanol–water partition coefficient (Wildman–Crippen LogP) is 0.605. The van der Waals surface area contributed by atoms with Crippen molar-refractivity contribution in [3.63, 3.8) is 0 Å². The highest BCUT2D eigenvalue weighted by Gasteiger charge is 2.25. The Balaban J connectivity index is 1.97. The molecule has 22 heavy (non-hydrogen) atoms. The lowest BCUT2D eigenvalue weighted by molar-refractivity contribution is -0.118. The van der Waals surface area contributed by atoms with E-state index >= 15 is 0 Å². The lowest BCUT2D eigenvalue weighted by Gasteiger charge is -2.26. The molecule has 1 aliphatic heterocycles. The van der Waals surface area contributed by atoms with E-state index in [9.17, 15) is 13.2 Å². The minimum atomic E-state index is -3.45. The van der Waals surface area contributed by atoms with E-state index < -0.39 is 10.0 Å². The molecule has 1 heterocycles. The number of hydrogen-bond acceptors (Lipinski definition) is 4. The van der Waals surface area contributed by atoms with Crippen LogP contribution in [0.4, 0.5) is 0 Å². The Morgan fingerprint density at radius 3 is 2.45 bits per heavy atom. The molecule has 0 radical (unpaired) electrons. The summed E-state index contributed by atoms with van der Waals surface area (Å²) in [5.41, 5.74) is 0.954. The van der Waals surface area contributed by atoms with Crippen LogP contribution in [0.5, 0.6) is 0 Å². The number of ether oxygens (including phenoxy) is 1. The van der Waals surface area contributed by atoms with Gasteiger partial charge in [-0.15, -0.1) is 11.6 Å². The Kier molecular flexibility index (Phi) is 6.19. The second-order valence-electron chi connectivity index (χ2n) is 4.89. The standard InChI is InChI=1S/C14H19ClN2O4S/c15-11-14(18)16-6-5-12-1-3-13(4-2-12)22(19,20)17-7-9-21-10-8-17/h1-4H,5-11H2,(H,16,18). The first-order valence-electron chi connectivity index (χ1n) is 7.03. The van der Waals surface area contributed by atoms with Crippen LogP contribution in [0.15, 0.2) is 29.2 Å². The topological polar surface area (TPSA) is 75.7 Å². The number of morpholine rings is 1. The average Bonchev–Trinajstić information content (AvgIpc) is 2.56. The Morgan fingerprint density at radius 2 is 1.86 bits per heavy atom.